The van der Waals surface area contributed by atoms with Crippen LogP contribution in [0.5, 0.6) is 0 Å². The maximum atomic E-state index is 13.0. The van der Waals surface area contributed by atoms with Gasteiger partial charge in [-0.25, -0.2) is 0 Å². The molecule has 0 fully saturated rings. The van der Waals surface area contributed by atoms with Crippen LogP contribution in [0.2, 0.25) is 0 Å². The van der Waals surface area contributed by atoms with Crippen molar-refractivity contribution in [2.45, 2.75) is 32.0 Å². The van der Waals surface area contributed by atoms with Crippen molar-refractivity contribution < 1.29 is 13.2 Å². The number of nitrogens with two attached hydrogens (primary N) is 1. The van der Waals surface area contributed by atoms with Crippen molar-refractivity contribution in [1.82, 2.24) is 4.98 Å². The topological polar surface area (TPSA) is 38.9 Å². The average molecular weight is 294 g/mol. The summed E-state index contributed by atoms with van der Waals surface area (Å²) < 4.78 is 38.9. The molecule has 21 heavy (non-hydrogen) atoms. The first kappa shape index (κ1) is 15.5. The van der Waals surface area contributed by atoms with Crippen molar-refractivity contribution >= 4 is 0 Å². The molecule has 0 saturated heterocycles. The first-order valence-electron chi connectivity index (χ1n) is 6.77. The highest BCUT2D eigenvalue weighted by atomic mass is 19.4. The second-order valence-corrected chi connectivity index (χ2v) is 4.91. The zero-order valence-corrected chi connectivity index (χ0v) is 11.7. The van der Waals surface area contributed by atoms with E-state index in [4.69, 9.17) is 5.73 Å². The first-order chi connectivity index (χ1) is 9.91. The van der Waals surface area contributed by atoms with Crippen LogP contribution in [0.4, 0.5) is 13.2 Å². The number of aryl methyl sites for hydroxylation is 1. The third-order valence-corrected chi connectivity index (χ3v) is 3.39. The van der Waals surface area contributed by atoms with Crippen LogP contribution in [0.1, 0.15) is 35.3 Å². The van der Waals surface area contributed by atoms with Gasteiger partial charge in [0.05, 0.1) is 5.56 Å². The Hall–Kier alpha value is -1.88. The summed E-state index contributed by atoms with van der Waals surface area (Å²) in [5.74, 6) is 0. The molecule has 2 nitrogen and oxygen atoms in total. The van der Waals surface area contributed by atoms with Crippen LogP contribution in [-0.2, 0) is 19.0 Å². The van der Waals surface area contributed by atoms with Gasteiger partial charge in [0.15, 0.2) is 0 Å². The fourth-order valence-electron chi connectivity index (χ4n) is 2.20. The second-order valence-electron chi connectivity index (χ2n) is 4.91. The lowest BCUT2D eigenvalue weighted by Gasteiger charge is -2.18. The summed E-state index contributed by atoms with van der Waals surface area (Å²) in [6, 6.07) is 8.42. The Morgan fingerprint density at radius 3 is 2.43 bits per heavy atom. The molecule has 0 amide bonds. The molecule has 2 aromatic rings. The molecule has 1 aromatic carbocycles. The standard InChI is InChI=1S/C16H17F3N2/c1-2-11-7-8-12(21-10-11)9-15(20)13-5-3-4-6-14(13)16(17,18)19/h3-8,10,15H,2,9,20H2,1H3. The fourth-order valence-corrected chi connectivity index (χ4v) is 2.20. The van der Waals surface area contributed by atoms with E-state index in [0.717, 1.165) is 18.1 Å². The van der Waals surface area contributed by atoms with E-state index in [-0.39, 0.29) is 12.0 Å². The Labute approximate surface area is 121 Å². The summed E-state index contributed by atoms with van der Waals surface area (Å²) in [4.78, 5) is 4.25. The van der Waals surface area contributed by atoms with E-state index in [9.17, 15) is 13.2 Å². The van der Waals surface area contributed by atoms with Gasteiger partial charge in [-0.3, -0.25) is 4.98 Å². The lowest BCUT2D eigenvalue weighted by molar-refractivity contribution is -0.138. The maximum absolute atomic E-state index is 13.0. The zero-order chi connectivity index (χ0) is 15.5. The van der Waals surface area contributed by atoms with Gasteiger partial charge in [-0.1, -0.05) is 31.2 Å². The highest BCUT2D eigenvalue weighted by Crippen LogP contribution is 2.34. The monoisotopic (exact) mass is 294 g/mol. The largest absolute Gasteiger partial charge is 0.416 e. The summed E-state index contributed by atoms with van der Waals surface area (Å²) >= 11 is 0. The van der Waals surface area contributed by atoms with Crippen LogP contribution in [0.3, 0.4) is 0 Å². The summed E-state index contributed by atoms with van der Waals surface area (Å²) in [6.45, 7) is 2.02. The fraction of sp³-hybridized carbons (Fsp3) is 0.312. The number of hydrogen-bond donors (Lipinski definition) is 1. The van der Waals surface area contributed by atoms with E-state index in [1.807, 2.05) is 19.1 Å². The van der Waals surface area contributed by atoms with Gasteiger partial charge in [-0.15, -0.1) is 0 Å². The third-order valence-electron chi connectivity index (χ3n) is 3.39. The maximum Gasteiger partial charge on any atom is 0.416 e. The molecule has 2 N–H and O–H groups in total. The van der Waals surface area contributed by atoms with Gasteiger partial charge in [0.1, 0.15) is 0 Å². The summed E-state index contributed by atoms with van der Waals surface area (Å²) in [6.07, 6.45) is -1.52. The molecular formula is C16H17F3N2. The van der Waals surface area contributed by atoms with Crippen molar-refractivity contribution in [1.29, 1.82) is 0 Å². The van der Waals surface area contributed by atoms with Crippen LogP contribution in [0, 0.1) is 0 Å². The molecule has 0 spiro atoms. The summed E-state index contributed by atoms with van der Waals surface area (Å²) in [5, 5.41) is 0. The van der Waals surface area contributed by atoms with Crippen molar-refractivity contribution in [3.05, 3.63) is 65.0 Å². The molecule has 0 bridgehead atoms. The highest BCUT2D eigenvalue weighted by molar-refractivity contribution is 5.33. The molecule has 0 aliphatic rings. The molecule has 112 valence electrons. The van der Waals surface area contributed by atoms with E-state index in [0.29, 0.717) is 5.69 Å². The molecule has 1 aromatic heterocycles. The summed E-state index contributed by atoms with van der Waals surface area (Å²) in [5.41, 5.74) is 7.16. The number of alkyl halides is 3. The minimum absolute atomic E-state index is 0.103. The van der Waals surface area contributed by atoms with Crippen molar-refractivity contribution in [2.24, 2.45) is 5.73 Å². The first-order valence-corrected chi connectivity index (χ1v) is 6.77. The number of hydrogen-bond acceptors (Lipinski definition) is 2. The van der Waals surface area contributed by atoms with Gasteiger partial charge < -0.3 is 5.73 Å². The third kappa shape index (κ3) is 3.82. The molecule has 5 heteroatoms. The number of pyridine rings is 1. The number of rotatable bonds is 4. The quantitative estimate of drug-likeness (QED) is 0.928. The van der Waals surface area contributed by atoms with Crippen LogP contribution in [0.25, 0.3) is 0 Å². The van der Waals surface area contributed by atoms with Crippen molar-refractivity contribution in [3.63, 3.8) is 0 Å². The predicted molar refractivity (Wildman–Crippen MR) is 75.7 cm³/mol. The van der Waals surface area contributed by atoms with Gasteiger partial charge >= 0.3 is 6.18 Å². The van der Waals surface area contributed by atoms with Crippen LogP contribution < -0.4 is 5.73 Å². The minimum atomic E-state index is -4.40. The molecule has 1 unspecified atom stereocenters. The molecule has 1 atom stereocenters. The van der Waals surface area contributed by atoms with E-state index in [1.54, 1.807) is 12.3 Å². The minimum Gasteiger partial charge on any atom is -0.324 e. The lowest BCUT2D eigenvalue weighted by Crippen LogP contribution is -2.19. The van der Waals surface area contributed by atoms with Crippen LogP contribution in [0.15, 0.2) is 42.6 Å². The van der Waals surface area contributed by atoms with Gasteiger partial charge in [-0.05, 0) is 29.7 Å². The van der Waals surface area contributed by atoms with Crippen molar-refractivity contribution in [2.75, 3.05) is 0 Å². The Kier molecular flexibility index (Phi) is 4.63. The smallest absolute Gasteiger partial charge is 0.324 e. The van der Waals surface area contributed by atoms with Crippen molar-refractivity contribution in [3.8, 4) is 0 Å². The van der Waals surface area contributed by atoms with E-state index < -0.39 is 17.8 Å². The normalized spacial score (nSPS) is 13.2. The zero-order valence-electron chi connectivity index (χ0n) is 11.7. The number of aromatic nitrogens is 1. The Morgan fingerprint density at radius 1 is 1.14 bits per heavy atom. The van der Waals surface area contributed by atoms with Gasteiger partial charge in [-0.2, -0.15) is 13.2 Å². The van der Waals surface area contributed by atoms with Crippen LogP contribution >= 0.6 is 0 Å². The molecule has 2 rings (SSSR count). The highest BCUT2D eigenvalue weighted by Gasteiger charge is 2.34. The number of halogens is 3. The summed E-state index contributed by atoms with van der Waals surface area (Å²) in [7, 11) is 0. The van der Waals surface area contributed by atoms with E-state index >= 15 is 0 Å². The number of benzene rings is 1. The Balaban J connectivity index is 2.22. The molecule has 1 heterocycles. The van der Waals surface area contributed by atoms with Crippen LogP contribution in [-0.4, -0.2) is 4.98 Å². The van der Waals surface area contributed by atoms with E-state index in [2.05, 4.69) is 4.98 Å². The lowest BCUT2D eigenvalue weighted by atomic mass is 9.97. The molecule has 0 aliphatic carbocycles. The molecule has 0 aliphatic heterocycles. The SMILES string of the molecule is CCc1ccc(CC(N)c2ccccc2C(F)(F)F)nc1. The van der Waals surface area contributed by atoms with Gasteiger partial charge in [0.2, 0.25) is 0 Å². The molecule has 0 saturated carbocycles. The Bertz CT molecular complexity index is 591. The van der Waals surface area contributed by atoms with E-state index in [1.165, 1.54) is 12.1 Å². The predicted octanol–water partition coefficient (Wildman–Crippen LogP) is 3.91. The van der Waals surface area contributed by atoms with Gasteiger partial charge in [0, 0.05) is 24.4 Å². The van der Waals surface area contributed by atoms with Gasteiger partial charge in [0.25, 0.3) is 0 Å². The average Bonchev–Trinajstić information content (AvgIpc) is 2.47. The second kappa shape index (κ2) is 6.26. The number of nitrogens with zero attached hydrogens (tertiary/aromatic N) is 1. The Morgan fingerprint density at radius 2 is 1.86 bits per heavy atom. The molecular weight excluding hydrogens is 277 g/mol. The molecule has 0 radical (unpaired) electrons.